The predicted octanol–water partition coefficient (Wildman–Crippen LogP) is 3.72. The Labute approximate surface area is 138 Å². The molecule has 0 N–H and O–H groups in total. The summed E-state index contributed by atoms with van der Waals surface area (Å²) in [6.45, 7) is 5.61. The van der Waals surface area contributed by atoms with Gasteiger partial charge in [0, 0.05) is 28.7 Å². The van der Waals surface area contributed by atoms with Crippen molar-refractivity contribution >= 4 is 11.6 Å². The molecule has 1 aliphatic heterocycles. The molecule has 5 nitrogen and oxygen atoms in total. The third-order valence-electron chi connectivity index (χ3n) is 4.78. The van der Waals surface area contributed by atoms with Gasteiger partial charge in [-0.3, -0.25) is 9.59 Å². The lowest BCUT2D eigenvalue weighted by Gasteiger charge is -2.11. The van der Waals surface area contributed by atoms with Gasteiger partial charge >= 0.3 is 0 Å². The van der Waals surface area contributed by atoms with Gasteiger partial charge in [0.15, 0.2) is 17.3 Å². The zero-order valence-corrected chi connectivity index (χ0v) is 13.7. The van der Waals surface area contributed by atoms with E-state index >= 15 is 0 Å². The fourth-order valence-corrected chi connectivity index (χ4v) is 3.11. The number of rotatable bonds is 2. The maximum atomic E-state index is 12.5. The highest BCUT2D eigenvalue weighted by atomic mass is 17.2. The molecule has 2 aromatic rings. The second-order valence-corrected chi connectivity index (χ2v) is 6.23. The van der Waals surface area contributed by atoms with Gasteiger partial charge in [-0.25, -0.2) is 0 Å². The molecule has 0 bridgehead atoms. The molecule has 0 amide bonds. The Morgan fingerprint density at radius 3 is 2.58 bits per heavy atom. The number of hydrogen-bond donors (Lipinski definition) is 0. The van der Waals surface area contributed by atoms with Crippen LogP contribution in [0.1, 0.15) is 57.2 Å². The molecule has 122 valence electrons. The van der Waals surface area contributed by atoms with Crippen molar-refractivity contribution < 1.29 is 23.8 Å². The molecule has 0 saturated heterocycles. The van der Waals surface area contributed by atoms with E-state index < -0.39 is 0 Å². The van der Waals surface area contributed by atoms with Crippen LogP contribution in [0, 0.1) is 6.92 Å². The van der Waals surface area contributed by atoms with E-state index in [1.165, 1.54) is 0 Å². The van der Waals surface area contributed by atoms with Crippen LogP contribution in [-0.4, -0.2) is 11.6 Å². The molecule has 1 aromatic heterocycles. The molecule has 24 heavy (non-hydrogen) atoms. The average molecular weight is 324 g/mol. The van der Waals surface area contributed by atoms with Crippen molar-refractivity contribution in [2.75, 3.05) is 0 Å². The minimum atomic E-state index is -0.206. The first-order valence-electron chi connectivity index (χ1n) is 7.77. The number of allylic oxidation sites excluding steroid dienone is 2. The predicted molar refractivity (Wildman–Crippen MR) is 85.1 cm³/mol. The van der Waals surface area contributed by atoms with Crippen molar-refractivity contribution in [1.29, 1.82) is 0 Å². The molecule has 1 aromatic carbocycles. The molecule has 0 spiro atoms. The number of carbonyl (C=O) groups excluding carboxylic acids is 2. The first-order valence-corrected chi connectivity index (χ1v) is 7.77. The van der Waals surface area contributed by atoms with Gasteiger partial charge in [0.05, 0.1) is 5.56 Å². The Bertz CT molecular complexity index is 929. The van der Waals surface area contributed by atoms with Crippen LogP contribution >= 0.6 is 0 Å². The lowest BCUT2D eigenvalue weighted by Crippen LogP contribution is -2.18. The standard InChI is InChI=1S/C19H16O5/c1-9-10(2)18(21)19-16(17(9)20)11(3)14(23-19)6-12-4-5-13-8-22-24-15(13)7-12/h4-5,7H,6,8H2,1-3H3. The second-order valence-electron chi connectivity index (χ2n) is 6.23. The Morgan fingerprint density at radius 1 is 1.04 bits per heavy atom. The van der Waals surface area contributed by atoms with E-state index in [2.05, 4.69) is 0 Å². The van der Waals surface area contributed by atoms with Gasteiger partial charge in [-0.1, -0.05) is 12.1 Å². The number of furan rings is 1. The number of carbonyl (C=O) groups is 2. The average Bonchev–Trinajstić information content (AvgIpc) is 3.16. The molecule has 0 radical (unpaired) electrons. The lowest BCUT2D eigenvalue weighted by atomic mass is 9.88. The summed E-state index contributed by atoms with van der Waals surface area (Å²) in [6.07, 6.45) is 0.480. The number of hydrogen-bond acceptors (Lipinski definition) is 5. The first kappa shape index (κ1) is 14.9. The number of benzene rings is 1. The summed E-state index contributed by atoms with van der Waals surface area (Å²) in [5, 5.41) is 0. The van der Waals surface area contributed by atoms with Gasteiger partial charge in [-0.15, -0.1) is 0 Å². The van der Waals surface area contributed by atoms with Crippen LogP contribution in [-0.2, 0) is 17.9 Å². The zero-order valence-electron chi connectivity index (χ0n) is 13.7. The minimum Gasteiger partial charge on any atom is -0.456 e. The molecular weight excluding hydrogens is 308 g/mol. The SMILES string of the molecule is CC1=C(C)C(=O)c2c(oc(Cc3ccc4c(c3)OOC4)c2C)C1=O. The zero-order chi connectivity index (χ0) is 17.0. The highest BCUT2D eigenvalue weighted by molar-refractivity contribution is 6.26. The molecule has 1 aliphatic carbocycles. The van der Waals surface area contributed by atoms with Crippen LogP contribution in [0.15, 0.2) is 33.8 Å². The quantitative estimate of drug-likeness (QED) is 0.788. The molecule has 0 fully saturated rings. The molecule has 5 heteroatoms. The smallest absolute Gasteiger partial charge is 0.225 e. The van der Waals surface area contributed by atoms with E-state index in [0.29, 0.717) is 41.2 Å². The van der Waals surface area contributed by atoms with Crippen molar-refractivity contribution in [2.24, 2.45) is 0 Å². The molecule has 2 aliphatic rings. The lowest BCUT2D eigenvalue weighted by molar-refractivity contribution is -0.194. The van der Waals surface area contributed by atoms with Crippen molar-refractivity contribution in [3.8, 4) is 5.75 Å². The van der Waals surface area contributed by atoms with Crippen LogP contribution in [0.3, 0.4) is 0 Å². The van der Waals surface area contributed by atoms with E-state index in [4.69, 9.17) is 14.2 Å². The largest absolute Gasteiger partial charge is 0.456 e. The van der Waals surface area contributed by atoms with E-state index in [1.807, 2.05) is 25.1 Å². The van der Waals surface area contributed by atoms with Crippen molar-refractivity contribution in [2.45, 2.75) is 33.8 Å². The number of ketones is 2. The molecule has 2 heterocycles. The van der Waals surface area contributed by atoms with E-state index in [9.17, 15) is 9.59 Å². The maximum Gasteiger partial charge on any atom is 0.225 e. The van der Waals surface area contributed by atoms with Gasteiger partial charge in [0.25, 0.3) is 0 Å². The highest BCUT2D eigenvalue weighted by Gasteiger charge is 2.34. The van der Waals surface area contributed by atoms with E-state index in [1.54, 1.807) is 13.8 Å². The van der Waals surface area contributed by atoms with Crippen LogP contribution in [0.25, 0.3) is 0 Å². The van der Waals surface area contributed by atoms with Gasteiger partial charge in [-0.05, 0) is 32.4 Å². The number of Topliss-reactive ketones (excluding diaryl/α,β-unsaturated/α-hetero) is 2. The molecule has 0 atom stereocenters. The third kappa shape index (κ3) is 2.05. The fourth-order valence-electron chi connectivity index (χ4n) is 3.11. The summed E-state index contributed by atoms with van der Waals surface area (Å²) >= 11 is 0. The van der Waals surface area contributed by atoms with Gasteiger partial charge in [0.2, 0.25) is 5.78 Å². The maximum absolute atomic E-state index is 12.5. The van der Waals surface area contributed by atoms with Crippen molar-refractivity contribution in [3.63, 3.8) is 0 Å². The monoisotopic (exact) mass is 324 g/mol. The minimum absolute atomic E-state index is 0.125. The van der Waals surface area contributed by atoms with Crippen molar-refractivity contribution in [1.82, 2.24) is 0 Å². The first-order chi connectivity index (χ1) is 11.5. The summed E-state index contributed by atoms with van der Waals surface area (Å²) in [4.78, 5) is 35.0. The second kappa shape index (κ2) is 5.18. The molecule has 0 saturated carbocycles. The summed E-state index contributed by atoms with van der Waals surface area (Å²) in [7, 11) is 0. The van der Waals surface area contributed by atoms with Gasteiger partial charge in [-0.2, -0.15) is 4.89 Å². The Balaban J connectivity index is 1.73. The normalized spacial score (nSPS) is 16.3. The van der Waals surface area contributed by atoms with Crippen LogP contribution in [0.2, 0.25) is 0 Å². The third-order valence-corrected chi connectivity index (χ3v) is 4.78. The summed E-state index contributed by atoms with van der Waals surface area (Å²) in [5.74, 6) is 1.16. The summed E-state index contributed by atoms with van der Waals surface area (Å²) in [6, 6.07) is 5.81. The van der Waals surface area contributed by atoms with Crippen LogP contribution in [0.4, 0.5) is 0 Å². The molecular formula is C19H16O5. The summed E-state index contributed by atoms with van der Waals surface area (Å²) < 4.78 is 5.79. The van der Waals surface area contributed by atoms with E-state index in [0.717, 1.165) is 16.7 Å². The van der Waals surface area contributed by atoms with Gasteiger partial charge < -0.3 is 9.30 Å². The topological polar surface area (TPSA) is 65.7 Å². The highest BCUT2D eigenvalue weighted by Crippen LogP contribution is 2.34. The summed E-state index contributed by atoms with van der Waals surface area (Å²) in [5.41, 5.74) is 4.04. The molecule has 0 unspecified atom stereocenters. The number of fused-ring (bicyclic) bond motifs is 2. The fraction of sp³-hybridized carbons (Fsp3) is 0.263. The Morgan fingerprint density at radius 2 is 1.79 bits per heavy atom. The van der Waals surface area contributed by atoms with Crippen molar-refractivity contribution in [3.05, 3.63) is 63.1 Å². The van der Waals surface area contributed by atoms with Gasteiger partial charge in [0.1, 0.15) is 12.4 Å². The Kier molecular flexibility index (Phi) is 3.21. The van der Waals surface area contributed by atoms with Crippen LogP contribution in [0.5, 0.6) is 5.75 Å². The van der Waals surface area contributed by atoms with Crippen LogP contribution < -0.4 is 4.89 Å². The molecule has 4 rings (SSSR count). The van der Waals surface area contributed by atoms with E-state index in [-0.39, 0.29) is 17.3 Å². The Hall–Kier alpha value is -2.66.